The number of nitrogens with zero attached hydrogens (tertiary/aromatic N) is 2. The number of likely N-dealkylation sites (tertiary alicyclic amines) is 1. The number of carboxylic acid groups (broad SMARTS) is 1. The van der Waals surface area contributed by atoms with Gasteiger partial charge in [0, 0.05) is 50.3 Å². The van der Waals surface area contributed by atoms with E-state index in [1.807, 2.05) is 42.5 Å². The number of hydrogen-bond acceptors (Lipinski definition) is 6. The van der Waals surface area contributed by atoms with Crippen molar-refractivity contribution in [2.75, 3.05) is 26.7 Å². The number of benzene rings is 1. The number of pyridine rings is 1. The van der Waals surface area contributed by atoms with Gasteiger partial charge in [0.1, 0.15) is 5.75 Å². The minimum atomic E-state index is -0.250. The van der Waals surface area contributed by atoms with Gasteiger partial charge in [0.15, 0.2) is 0 Å². The molecule has 2 bridgehead atoms. The molecule has 1 amide bonds. The Balaban J connectivity index is 0.000000821. The number of rotatable bonds is 7. The second-order valence-electron chi connectivity index (χ2n) is 8.96. The molecule has 33 heavy (non-hydrogen) atoms. The average Bonchev–Trinajstić information content (AvgIpc) is 3.47. The molecule has 0 radical (unpaired) electrons. The van der Waals surface area contributed by atoms with E-state index in [-0.39, 0.29) is 24.1 Å². The van der Waals surface area contributed by atoms with Crippen molar-refractivity contribution in [3.63, 3.8) is 0 Å². The van der Waals surface area contributed by atoms with E-state index < -0.39 is 0 Å². The molecular weight excluding hydrogens is 422 g/mol. The van der Waals surface area contributed by atoms with Crippen LogP contribution in [0.1, 0.15) is 24.1 Å². The predicted octanol–water partition coefficient (Wildman–Crippen LogP) is 2.13. The van der Waals surface area contributed by atoms with Crippen molar-refractivity contribution in [2.24, 2.45) is 11.8 Å². The van der Waals surface area contributed by atoms with Crippen molar-refractivity contribution in [3.05, 3.63) is 59.9 Å². The van der Waals surface area contributed by atoms with Crippen LogP contribution in [0.25, 0.3) is 0 Å². The molecule has 2 aromatic rings. The molecule has 3 saturated heterocycles. The van der Waals surface area contributed by atoms with E-state index in [0.717, 1.165) is 49.5 Å². The second kappa shape index (κ2) is 10.3. The first-order chi connectivity index (χ1) is 16.1. The van der Waals surface area contributed by atoms with E-state index in [1.54, 1.807) is 13.3 Å². The molecule has 2 N–H and O–H groups in total. The van der Waals surface area contributed by atoms with Crippen molar-refractivity contribution < 1.29 is 24.2 Å². The lowest BCUT2D eigenvalue weighted by Gasteiger charge is -2.29. The van der Waals surface area contributed by atoms with E-state index in [1.165, 1.54) is 0 Å². The zero-order chi connectivity index (χ0) is 23.3. The Kier molecular flexibility index (Phi) is 7.25. The molecule has 8 heteroatoms. The van der Waals surface area contributed by atoms with E-state index in [9.17, 15) is 4.79 Å². The topological polar surface area (TPSA) is 101 Å². The molecule has 5 rings (SSSR count). The van der Waals surface area contributed by atoms with Crippen LogP contribution in [0, 0.1) is 11.8 Å². The fraction of sp³-hybridized carbons (Fsp3) is 0.480. The molecule has 4 heterocycles. The average molecular weight is 454 g/mol. The molecule has 176 valence electrons. The van der Waals surface area contributed by atoms with E-state index in [2.05, 4.69) is 15.2 Å². The summed E-state index contributed by atoms with van der Waals surface area (Å²) in [4.78, 5) is 27.8. The Morgan fingerprint density at radius 2 is 2.15 bits per heavy atom. The molecule has 3 aliphatic heterocycles. The van der Waals surface area contributed by atoms with Crippen LogP contribution in [0.3, 0.4) is 0 Å². The molecule has 1 aromatic heterocycles. The third kappa shape index (κ3) is 5.17. The highest BCUT2D eigenvalue weighted by molar-refractivity contribution is 5.78. The maximum atomic E-state index is 12.4. The minimum Gasteiger partial charge on any atom is -0.497 e. The predicted molar refractivity (Wildman–Crippen MR) is 122 cm³/mol. The highest BCUT2D eigenvalue weighted by atomic mass is 16.5. The van der Waals surface area contributed by atoms with Crippen molar-refractivity contribution in [1.82, 2.24) is 15.2 Å². The van der Waals surface area contributed by atoms with Crippen LogP contribution in [0.5, 0.6) is 5.75 Å². The van der Waals surface area contributed by atoms with Crippen LogP contribution in [0.2, 0.25) is 0 Å². The summed E-state index contributed by atoms with van der Waals surface area (Å²) in [6.45, 7) is 3.20. The van der Waals surface area contributed by atoms with Gasteiger partial charge in [-0.2, -0.15) is 0 Å². The van der Waals surface area contributed by atoms with Gasteiger partial charge in [0.25, 0.3) is 6.47 Å². The van der Waals surface area contributed by atoms with Crippen LogP contribution in [-0.4, -0.2) is 65.8 Å². The normalized spacial score (nSPS) is 27.4. The first-order valence-electron chi connectivity index (χ1n) is 11.3. The van der Waals surface area contributed by atoms with Gasteiger partial charge >= 0.3 is 0 Å². The summed E-state index contributed by atoms with van der Waals surface area (Å²) in [6.07, 6.45) is 4.74. The number of carbonyl (C=O) groups excluding carboxylic acids is 1. The zero-order valence-corrected chi connectivity index (χ0v) is 18.9. The monoisotopic (exact) mass is 453 g/mol. The van der Waals surface area contributed by atoms with Crippen molar-refractivity contribution in [2.45, 2.75) is 37.5 Å². The van der Waals surface area contributed by atoms with Crippen molar-refractivity contribution >= 4 is 12.4 Å². The summed E-state index contributed by atoms with van der Waals surface area (Å²) in [5, 5.41) is 10.1. The largest absolute Gasteiger partial charge is 0.497 e. The van der Waals surface area contributed by atoms with Gasteiger partial charge in [0.05, 0.1) is 30.9 Å². The summed E-state index contributed by atoms with van der Waals surface area (Å²) in [6, 6.07) is 13.8. The standard InChI is InChI=1S/C24H29N3O3.CH2O2/c1-29-19-8-10-25-18(12-19)14-27-15-21-20(22-7-9-24(21,16-27)30-22)13-26-23(28)11-17-5-3-2-4-6-17;2-1-3/h2-6,8,10,12,20-22H,7,9,11,13-16H2,1H3,(H,26,28);1H,(H,2,3)/t20-,21+,22+,24+;/m0./s1. The first kappa shape index (κ1) is 23.2. The summed E-state index contributed by atoms with van der Waals surface area (Å²) in [5.74, 6) is 1.79. The number of methoxy groups -OCH3 is 1. The maximum Gasteiger partial charge on any atom is 0.290 e. The molecular formula is C25H31N3O5. The second-order valence-corrected chi connectivity index (χ2v) is 8.96. The molecule has 0 unspecified atom stereocenters. The summed E-state index contributed by atoms with van der Waals surface area (Å²) in [5.41, 5.74) is 2.03. The highest BCUT2D eigenvalue weighted by Gasteiger charge is 2.62. The molecule has 1 spiro atoms. The summed E-state index contributed by atoms with van der Waals surface area (Å²) >= 11 is 0. The number of ether oxygens (including phenoxy) is 2. The van der Waals surface area contributed by atoms with Gasteiger partial charge < -0.3 is 19.9 Å². The van der Waals surface area contributed by atoms with Crippen molar-refractivity contribution in [1.29, 1.82) is 0 Å². The Morgan fingerprint density at radius 3 is 2.91 bits per heavy atom. The SMILES string of the molecule is COc1ccnc(CN2C[C@@H]3[C@H](CNC(=O)Cc4ccccc4)[C@H]4CC[C@]3(C2)O4)c1.O=CO. The highest BCUT2D eigenvalue weighted by Crippen LogP contribution is 2.54. The Labute approximate surface area is 193 Å². The molecule has 3 fully saturated rings. The molecule has 1 aromatic carbocycles. The smallest absolute Gasteiger partial charge is 0.290 e. The molecule has 4 atom stereocenters. The van der Waals surface area contributed by atoms with Gasteiger partial charge in [-0.15, -0.1) is 0 Å². The van der Waals surface area contributed by atoms with Gasteiger partial charge in [-0.05, 0) is 24.5 Å². The zero-order valence-electron chi connectivity index (χ0n) is 18.9. The van der Waals surface area contributed by atoms with Gasteiger partial charge in [-0.25, -0.2) is 0 Å². The van der Waals surface area contributed by atoms with Crippen LogP contribution in [0.15, 0.2) is 48.7 Å². The van der Waals surface area contributed by atoms with E-state index in [0.29, 0.717) is 24.8 Å². The van der Waals surface area contributed by atoms with Crippen LogP contribution < -0.4 is 10.1 Å². The van der Waals surface area contributed by atoms with Gasteiger partial charge in [-0.1, -0.05) is 30.3 Å². The number of hydrogen-bond donors (Lipinski definition) is 2. The number of carbonyl (C=O) groups is 2. The van der Waals surface area contributed by atoms with Crippen LogP contribution in [-0.2, 0) is 27.3 Å². The molecule has 3 aliphatic rings. The quantitative estimate of drug-likeness (QED) is 0.620. The third-order valence-electron chi connectivity index (χ3n) is 7.01. The Bertz CT molecular complexity index is 956. The Morgan fingerprint density at radius 1 is 1.36 bits per heavy atom. The van der Waals surface area contributed by atoms with Gasteiger partial charge in [-0.3, -0.25) is 19.5 Å². The fourth-order valence-electron chi connectivity index (χ4n) is 5.65. The van der Waals surface area contributed by atoms with Crippen LogP contribution >= 0.6 is 0 Å². The Hall–Kier alpha value is -2.97. The number of aromatic nitrogens is 1. The maximum absolute atomic E-state index is 12.4. The molecule has 0 aliphatic carbocycles. The molecule has 8 nitrogen and oxygen atoms in total. The minimum absolute atomic E-state index is 0.0433. The number of fused-ring (bicyclic) bond motifs is 1. The van der Waals surface area contributed by atoms with E-state index >= 15 is 0 Å². The molecule has 0 saturated carbocycles. The lowest BCUT2D eigenvalue weighted by atomic mass is 9.73. The third-order valence-corrected chi connectivity index (χ3v) is 7.01. The van der Waals surface area contributed by atoms with Gasteiger partial charge in [0.2, 0.25) is 5.91 Å². The lowest BCUT2D eigenvalue weighted by molar-refractivity contribution is -0.123. The lowest BCUT2D eigenvalue weighted by Crippen LogP contribution is -2.42. The summed E-state index contributed by atoms with van der Waals surface area (Å²) in [7, 11) is 1.68. The fourth-order valence-corrected chi connectivity index (χ4v) is 5.65. The number of nitrogens with one attached hydrogen (secondary N) is 1. The number of amides is 1. The summed E-state index contributed by atoms with van der Waals surface area (Å²) < 4.78 is 11.9. The van der Waals surface area contributed by atoms with E-state index in [4.69, 9.17) is 19.4 Å². The van der Waals surface area contributed by atoms with Crippen LogP contribution in [0.4, 0.5) is 0 Å². The first-order valence-corrected chi connectivity index (χ1v) is 11.3. The van der Waals surface area contributed by atoms with Crippen molar-refractivity contribution in [3.8, 4) is 5.75 Å².